The number of aromatic nitrogens is 1. The van der Waals surface area contributed by atoms with Crippen molar-refractivity contribution in [3.05, 3.63) is 11.1 Å². The summed E-state index contributed by atoms with van der Waals surface area (Å²) in [5.74, 6) is -0.466. The van der Waals surface area contributed by atoms with Crippen LogP contribution in [0.4, 0.5) is 5.13 Å². The van der Waals surface area contributed by atoms with E-state index in [2.05, 4.69) is 15.6 Å². The van der Waals surface area contributed by atoms with Gasteiger partial charge in [-0.2, -0.15) is 0 Å². The van der Waals surface area contributed by atoms with Gasteiger partial charge in [0.25, 0.3) is 0 Å². The standard InChI is InChI=1S/C11H14N4O3S/c1-7(16)13-11-14-8(6-19-11)4-10(18)15-3-2-12-9(17)5-15/h6H,2-5H2,1H3,(H,12,17)(H,13,14,16). The van der Waals surface area contributed by atoms with E-state index < -0.39 is 0 Å². The topological polar surface area (TPSA) is 91.4 Å². The predicted octanol–water partition coefficient (Wildman–Crippen LogP) is -0.398. The second kappa shape index (κ2) is 5.79. The lowest BCUT2D eigenvalue weighted by Gasteiger charge is -2.26. The van der Waals surface area contributed by atoms with Gasteiger partial charge in [-0.25, -0.2) is 4.98 Å². The molecule has 0 unspecified atom stereocenters. The molecule has 1 aliphatic rings. The van der Waals surface area contributed by atoms with Crippen LogP contribution in [0.15, 0.2) is 5.38 Å². The van der Waals surface area contributed by atoms with Crippen LogP contribution < -0.4 is 10.6 Å². The average molecular weight is 282 g/mol. The van der Waals surface area contributed by atoms with Crippen LogP contribution in [0.25, 0.3) is 0 Å². The van der Waals surface area contributed by atoms with E-state index in [0.29, 0.717) is 23.9 Å². The van der Waals surface area contributed by atoms with Crippen LogP contribution in [-0.2, 0) is 20.8 Å². The van der Waals surface area contributed by atoms with Crippen LogP contribution >= 0.6 is 11.3 Å². The average Bonchev–Trinajstić information content (AvgIpc) is 2.75. The molecule has 8 heteroatoms. The number of nitrogens with one attached hydrogen (secondary N) is 2. The van der Waals surface area contributed by atoms with E-state index in [1.807, 2.05) is 0 Å². The van der Waals surface area contributed by atoms with Crippen molar-refractivity contribution in [3.63, 3.8) is 0 Å². The number of carbonyl (C=O) groups excluding carboxylic acids is 3. The summed E-state index contributed by atoms with van der Waals surface area (Å²) in [7, 11) is 0. The van der Waals surface area contributed by atoms with Gasteiger partial charge in [0.05, 0.1) is 18.7 Å². The Bertz CT molecular complexity index is 514. The number of amides is 3. The maximum atomic E-state index is 12.0. The first-order valence-electron chi connectivity index (χ1n) is 5.81. The fourth-order valence-corrected chi connectivity index (χ4v) is 2.47. The zero-order chi connectivity index (χ0) is 13.8. The first kappa shape index (κ1) is 13.5. The molecule has 3 amide bonds. The second-order valence-electron chi connectivity index (χ2n) is 4.17. The van der Waals surface area contributed by atoms with Gasteiger partial charge in [-0.1, -0.05) is 0 Å². The first-order valence-corrected chi connectivity index (χ1v) is 6.69. The summed E-state index contributed by atoms with van der Waals surface area (Å²) < 4.78 is 0. The molecule has 0 spiro atoms. The highest BCUT2D eigenvalue weighted by Gasteiger charge is 2.21. The van der Waals surface area contributed by atoms with Gasteiger partial charge in [0.15, 0.2) is 5.13 Å². The molecule has 1 aromatic heterocycles. The molecular formula is C11H14N4O3S. The molecule has 0 aromatic carbocycles. The van der Waals surface area contributed by atoms with Crippen molar-refractivity contribution in [1.82, 2.24) is 15.2 Å². The molecule has 2 heterocycles. The van der Waals surface area contributed by atoms with Gasteiger partial charge in [0, 0.05) is 25.4 Å². The number of hydrogen-bond donors (Lipinski definition) is 2. The monoisotopic (exact) mass is 282 g/mol. The number of hydrogen-bond acceptors (Lipinski definition) is 5. The number of nitrogens with zero attached hydrogens (tertiary/aromatic N) is 2. The first-order chi connectivity index (χ1) is 9.04. The molecule has 0 radical (unpaired) electrons. The minimum Gasteiger partial charge on any atom is -0.353 e. The van der Waals surface area contributed by atoms with E-state index in [1.165, 1.54) is 23.2 Å². The van der Waals surface area contributed by atoms with Crippen LogP contribution in [0.1, 0.15) is 12.6 Å². The van der Waals surface area contributed by atoms with Gasteiger partial charge in [-0.3, -0.25) is 14.4 Å². The van der Waals surface area contributed by atoms with Gasteiger partial charge in [-0.15, -0.1) is 11.3 Å². The molecule has 2 rings (SSSR count). The molecule has 1 fully saturated rings. The van der Waals surface area contributed by atoms with Crippen LogP contribution in [0.3, 0.4) is 0 Å². The van der Waals surface area contributed by atoms with Crippen molar-refractivity contribution in [2.24, 2.45) is 0 Å². The summed E-state index contributed by atoms with van der Waals surface area (Å²) in [5.41, 5.74) is 0.602. The van der Waals surface area contributed by atoms with Crippen LogP contribution in [0.5, 0.6) is 0 Å². The summed E-state index contributed by atoms with van der Waals surface area (Å²) >= 11 is 1.27. The molecule has 7 nitrogen and oxygen atoms in total. The lowest BCUT2D eigenvalue weighted by atomic mass is 10.2. The van der Waals surface area contributed by atoms with Gasteiger partial charge >= 0.3 is 0 Å². The predicted molar refractivity (Wildman–Crippen MR) is 69.7 cm³/mol. The molecule has 0 aliphatic carbocycles. The minimum atomic E-state index is -0.195. The zero-order valence-electron chi connectivity index (χ0n) is 10.4. The SMILES string of the molecule is CC(=O)Nc1nc(CC(=O)N2CCNC(=O)C2)cs1. The highest BCUT2D eigenvalue weighted by Crippen LogP contribution is 2.16. The Balaban J connectivity index is 1.93. The number of thiazole rings is 1. The number of anilines is 1. The van der Waals surface area contributed by atoms with Crippen molar-refractivity contribution < 1.29 is 14.4 Å². The maximum absolute atomic E-state index is 12.0. The van der Waals surface area contributed by atoms with Crippen molar-refractivity contribution >= 4 is 34.2 Å². The number of piperazine rings is 1. The largest absolute Gasteiger partial charge is 0.353 e. The smallest absolute Gasteiger partial charge is 0.239 e. The van der Waals surface area contributed by atoms with E-state index >= 15 is 0 Å². The van der Waals surface area contributed by atoms with Crippen molar-refractivity contribution in [3.8, 4) is 0 Å². The van der Waals surface area contributed by atoms with E-state index in [4.69, 9.17) is 0 Å². The highest BCUT2D eigenvalue weighted by atomic mass is 32.1. The van der Waals surface area contributed by atoms with E-state index in [1.54, 1.807) is 5.38 Å². The summed E-state index contributed by atoms with van der Waals surface area (Å²) in [6.07, 6.45) is 0.142. The normalized spacial score (nSPS) is 15.0. The van der Waals surface area contributed by atoms with Gasteiger partial charge < -0.3 is 15.5 Å². The molecule has 1 aromatic rings. The van der Waals surface area contributed by atoms with Crippen molar-refractivity contribution in [1.29, 1.82) is 0 Å². The molecule has 0 bridgehead atoms. The van der Waals surface area contributed by atoms with E-state index in [0.717, 1.165) is 0 Å². The molecule has 2 N–H and O–H groups in total. The molecule has 1 saturated heterocycles. The fraction of sp³-hybridized carbons (Fsp3) is 0.455. The highest BCUT2D eigenvalue weighted by molar-refractivity contribution is 7.13. The van der Waals surface area contributed by atoms with Crippen LogP contribution in [-0.4, -0.2) is 47.2 Å². The van der Waals surface area contributed by atoms with Crippen molar-refractivity contribution in [2.75, 3.05) is 25.0 Å². The number of carbonyl (C=O) groups is 3. The summed E-state index contributed by atoms with van der Waals surface area (Å²) in [6.45, 7) is 2.51. The molecule has 102 valence electrons. The van der Waals surface area contributed by atoms with Crippen molar-refractivity contribution in [2.45, 2.75) is 13.3 Å². The maximum Gasteiger partial charge on any atom is 0.239 e. The lowest BCUT2D eigenvalue weighted by molar-refractivity contribution is -0.137. The quantitative estimate of drug-likeness (QED) is 0.789. The van der Waals surface area contributed by atoms with E-state index in [-0.39, 0.29) is 30.7 Å². The summed E-state index contributed by atoms with van der Waals surface area (Å²) in [4.78, 5) is 39.7. The van der Waals surface area contributed by atoms with Crippen LogP contribution in [0.2, 0.25) is 0 Å². The van der Waals surface area contributed by atoms with E-state index in [9.17, 15) is 14.4 Å². The third kappa shape index (κ3) is 3.75. The Morgan fingerprint density at radius 3 is 3.05 bits per heavy atom. The number of rotatable bonds is 3. The molecule has 0 saturated carbocycles. The molecule has 0 atom stereocenters. The Morgan fingerprint density at radius 1 is 1.58 bits per heavy atom. The molecular weight excluding hydrogens is 268 g/mol. The Morgan fingerprint density at radius 2 is 2.37 bits per heavy atom. The Kier molecular flexibility index (Phi) is 4.10. The van der Waals surface area contributed by atoms with Gasteiger partial charge in [0.2, 0.25) is 17.7 Å². The summed E-state index contributed by atoms with van der Waals surface area (Å²) in [5, 5.41) is 7.43. The summed E-state index contributed by atoms with van der Waals surface area (Å²) in [6, 6.07) is 0. The third-order valence-corrected chi connectivity index (χ3v) is 3.36. The third-order valence-electron chi connectivity index (χ3n) is 2.56. The van der Waals surface area contributed by atoms with Gasteiger partial charge in [-0.05, 0) is 0 Å². The van der Waals surface area contributed by atoms with Crippen LogP contribution in [0, 0.1) is 0 Å². The fourth-order valence-electron chi connectivity index (χ4n) is 1.71. The second-order valence-corrected chi connectivity index (χ2v) is 5.03. The zero-order valence-corrected chi connectivity index (χ0v) is 11.2. The molecule has 19 heavy (non-hydrogen) atoms. The lowest BCUT2D eigenvalue weighted by Crippen LogP contribution is -2.50. The van der Waals surface area contributed by atoms with Gasteiger partial charge in [0.1, 0.15) is 0 Å². The minimum absolute atomic E-state index is 0.0987. The molecule has 1 aliphatic heterocycles. The Labute approximate surface area is 114 Å². The Hall–Kier alpha value is -1.96.